The van der Waals surface area contributed by atoms with Crippen molar-refractivity contribution in [2.75, 3.05) is 25.1 Å². The summed E-state index contributed by atoms with van der Waals surface area (Å²) in [5, 5.41) is 3.27. The van der Waals surface area contributed by atoms with Gasteiger partial charge in [-0.15, -0.1) is 0 Å². The number of rotatable bonds is 7. The summed E-state index contributed by atoms with van der Waals surface area (Å²) in [5.41, 5.74) is 5.99. The quantitative estimate of drug-likeness (QED) is 0.759. The summed E-state index contributed by atoms with van der Waals surface area (Å²) in [6, 6.07) is 3.38. The van der Waals surface area contributed by atoms with E-state index < -0.39 is 0 Å². The maximum absolute atomic E-state index is 11.9. The molecule has 0 saturated carbocycles. The smallest absolute Gasteiger partial charge is 0.224 e. The molecule has 0 bridgehead atoms. The minimum atomic E-state index is -0.0404. The van der Waals surface area contributed by atoms with Crippen LogP contribution in [-0.4, -0.2) is 25.7 Å². The predicted octanol–water partition coefficient (Wildman–Crippen LogP) is 2.96. The first-order chi connectivity index (χ1) is 10.2. The van der Waals surface area contributed by atoms with Crippen molar-refractivity contribution in [1.29, 1.82) is 0 Å². The lowest BCUT2D eigenvalue weighted by Crippen LogP contribution is -2.16. The van der Waals surface area contributed by atoms with Gasteiger partial charge < -0.3 is 20.5 Å². The minimum Gasteiger partial charge on any atom is -0.486 e. The lowest BCUT2D eigenvalue weighted by molar-refractivity contribution is -0.116. The van der Waals surface area contributed by atoms with E-state index in [1.54, 1.807) is 12.1 Å². The van der Waals surface area contributed by atoms with Gasteiger partial charge in [-0.1, -0.05) is 24.4 Å². The zero-order valence-corrected chi connectivity index (χ0v) is 12.7. The summed E-state index contributed by atoms with van der Waals surface area (Å²) >= 11 is 6.14. The lowest BCUT2D eigenvalue weighted by atomic mass is 10.1. The van der Waals surface area contributed by atoms with Gasteiger partial charge in [0.1, 0.15) is 13.2 Å². The molecule has 6 heteroatoms. The molecule has 0 fully saturated rings. The average molecular weight is 313 g/mol. The monoisotopic (exact) mass is 312 g/mol. The Morgan fingerprint density at radius 2 is 1.81 bits per heavy atom. The number of carbonyl (C=O) groups is 1. The van der Waals surface area contributed by atoms with Crippen LogP contribution < -0.4 is 20.5 Å². The lowest BCUT2D eigenvalue weighted by Gasteiger charge is -2.20. The van der Waals surface area contributed by atoms with Crippen molar-refractivity contribution in [1.82, 2.24) is 0 Å². The molecule has 116 valence electrons. The number of hydrogen-bond donors (Lipinski definition) is 2. The van der Waals surface area contributed by atoms with Crippen LogP contribution in [0.5, 0.6) is 11.5 Å². The van der Waals surface area contributed by atoms with Crippen molar-refractivity contribution < 1.29 is 14.3 Å². The van der Waals surface area contributed by atoms with E-state index in [2.05, 4.69) is 5.32 Å². The van der Waals surface area contributed by atoms with Crippen LogP contribution in [0.2, 0.25) is 5.02 Å². The number of halogens is 1. The van der Waals surface area contributed by atoms with Crippen molar-refractivity contribution in [3.63, 3.8) is 0 Å². The molecule has 0 unspecified atom stereocenters. The van der Waals surface area contributed by atoms with Crippen molar-refractivity contribution in [3.8, 4) is 11.5 Å². The highest BCUT2D eigenvalue weighted by molar-refractivity contribution is 6.34. The maximum Gasteiger partial charge on any atom is 0.224 e. The standard InChI is InChI=1S/C15H21ClN2O3/c16-11-9-13-14(21-8-7-20-13)10-12(11)18-15(19)5-3-1-2-4-6-17/h9-10H,1-8,17H2,(H,18,19). The van der Waals surface area contributed by atoms with Gasteiger partial charge in [0.15, 0.2) is 11.5 Å². The summed E-state index contributed by atoms with van der Waals surface area (Å²) in [4.78, 5) is 11.9. The number of benzene rings is 1. The largest absolute Gasteiger partial charge is 0.486 e. The molecule has 0 spiro atoms. The molecule has 2 rings (SSSR count). The van der Waals surface area contributed by atoms with E-state index in [4.69, 9.17) is 26.8 Å². The molecular weight excluding hydrogens is 292 g/mol. The molecule has 0 saturated heterocycles. The molecule has 21 heavy (non-hydrogen) atoms. The Labute approximate surface area is 129 Å². The van der Waals surface area contributed by atoms with Crippen LogP contribution >= 0.6 is 11.6 Å². The van der Waals surface area contributed by atoms with Crippen LogP contribution in [0.4, 0.5) is 5.69 Å². The fourth-order valence-electron chi connectivity index (χ4n) is 2.16. The van der Waals surface area contributed by atoms with Gasteiger partial charge >= 0.3 is 0 Å². The fourth-order valence-corrected chi connectivity index (χ4v) is 2.36. The summed E-state index contributed by atoms with van der Waals surface area (Å²) in [6.45, 7) is 1.72. The fraction of sp³-hybridized carbons (Fsp3) is 0.533. The third-order valence-corrected chi connectivity index (χ3v) is 3.58. The van der Waals surface area contributed by atoms with Crippen LogP contribution in [0.15, 0.2) is 12.1 Å². The molecule has 0 atom stereocenters. The molecular formula is C15H21ClN2O3. The predicted molar refractivity (Wildman–Crippen MR) is 83.2 cm³/mol. The molecule has 0 aliphatic carbocycles. The second kappa shape index (κ2) is 8.10. The van der Waals surface area contributed by atoms with Gasteiger partial charge in [-0.3, -0.25) is 4.79 Å². The molecule has 1 amide bonds. The highest BCUT2D eigenvalue weighted by Crippen LogP contribution is 2.37. The van der Waals surface area contributed by atoms with Crippen LogP contribution in [0.1, 0.15) is 32.1 Å². The van der Waals surface area contributed by atoms with Crippen molar-refractivity contribution in [3.05, 3.63) is 17.2 Å². The summed E-state index contributed by atoms with van der Waals surface area (Å²) < 4.78 is 10.9. The van der Waals surface area contributed by atoms with E-state index in [1.165, 1.54) is 0 Å². The Kier molecular flexibility index (Phi) is 6.14. The first-order valence-electron chi connectivity index (χ1n) is 7.30. The third kappa shape index (κ3) is 4.79. The SMILES string of the molecule is NCCCCCCC(=O)Nc1cc2c(cc1Cl)OCCO2. The summed E-state index contributed by atoms with van der Waals surface area (Å²) in [5.74, 6) is 1.19. The van der Waals surface area contributed by atoms with E-state index >= 15 is 0 Å². The van der Waals surface area contributed by atoms with Crippen LogP contribution in [0, 0.1) is 0 Å². The number of ether oxygens (including phenoxy) is 2. The molecule has 1 aliphatic rings. The van der Waals surface area contributed by atoms with E-state index in [0.717, 1.165) is 25.7 Å². The second-order valence-corrected chi connectivity index (χ2v) is 5.38. The van der Waals surface area contributed by atoms with E-state index in [0.29, 0.717) is 48.4 Å². The Morgan fingerprint density at radius 1 is 1.14 bits per heavy atom. The van der Waals surface area contributed by atoms with Crippen molar-refractivity contribution in [2.24, 2.45) is 5.73 Å². The Hall–Kier alpha value is -1.46. The van der Waals surface area contributed by atoms with Crippen LogP contribution in [0.25, 0.3) is 0 Å². The summed E-state index contributed by atoms with van der Waals surface area (Å²) in [6.07, 6.45) is 4.42. The van der Waals surface area contributed by atoms with Crippen LogP contribution in [0.3, 0.4) is 0 Å². The zero-order chi connectivity index (χ0) is 15.1. The highest BCUT2D eigenvalue weighted by atomic mass is 35.5. The van der Waals surface area contributed by atoms with E-state index in [9.17, 15) is 4.79 Å². The molecule has 1 aromatic rings. The summed E-state index contributed by atoms with van der Waals surface area (Å²) in [7, 11) is 0. The molecule has 1 heterocycles. The molecule has 3 N–H and O–H groups in total. The number of unbranched alkanes of at least 4 members (excludes halogenated alkanes) is 3. The third-order valence-electron chi connectivity index (χ3n) is 3.26. The number of nitrogens with one attached hydrogen (secondary N) is 1. The highest BCUT2D eigenvalue weighted by Gasteiger charge is 2.16. The van der Waals surface area contributed by atoms with E-state index in [-0.39, 0.29) is 5.91 Å². The van der Waals surface area contributed by atoms with Gasteiger partial charge in [0.05, 0.1) is 10.7 Å². The number of amides is 1. The molecule has 0 radical (unpaired) electrons. The minimum absolute atomic E-state index is 0.0404. The first-order valence-corrected chi connectivity index (χ1v) is 7.67. The van der Waals surface area contributed by atoms with Gasteiger partial charge in [-0.2, -0.15) is 0 Å². The molecule has 5 nitrogen and oxygen atoms in total. The number of hydrogen-bond acceptors (Lipinski definition) is 4. The zero-order valence-electron chi connectivity index (χ0n) is 12.0. The van der Waals surface area contributed by atoms with Crippen molar-refractivity contribution >= 4 is 23.2 Å². The second-order valence-electron chi connectivity index (χ2n) is 4.98. The van der Waals surface area contributed by atoms with Gasteiger partial charge in [-0.25, -0.2) is 0 Å². The number of fused-ring (bicyclic) bond motifs is 1. The number of nitrogens with two attached hydrogens (primary N) is 1. The maximum atomic E-state index is 11.9. The molecule has 1 aliphatic heterocycles. The average Bonchev–Trinajstić information content (AvgIpc) is 2.48. The molecule has 1 aromatic carbocycles. The van der Waals surface area contributed by atoms with Gasteiger partial charge in [-0.05, 0) is 19.4 Å². The Balaban J connectivity index is 1.86. The molecule has 0 aromatic heterocycles. The van der Waals surface area contributed by atoms with Gasteiger partial charge in [0, 0.05) is 18.6 Å². The van der Waals surface area contributed by atoms with E-state index in [1.807, 2.05) is 0 Å². The van der Waals surface area contributed by atoms with Gasteiger partial charge in [0.2, 0.25) is 5.91 Å². The van der Waals surface area contributed by atoms with Gasteiger partial charge in [0.25, 0.3) is 0 Å². The Morgan fingerprint density at radius 3 is 2.52 bits per heavy atom. The Bertz CT molecular complexity index is 494. The normalized spacial score (nSPS) is 13.0. The van der Waals surface area contributed by atoms with Crippen LogP contribution in [-0.2, 0) is 4.79 Å². The first kappa shape index (κ1) is 15.9. The number of anilines is 1. The number of carbonyl (C=O) groups excluding carboxylic acids is 1. The topological polar surface area (TPSA) is 73.6 Å². The van der Waals surface area contributed by atoms with Crippen molar-refractivity contribution in [2.45, 2.75) is 32.1 Å².